The fourth-order valence-corrected chi connectivity index (χ4v) is 1.90. The Bertz CT molecular complexity index is 452. The lowest BCUT2D eigenvalue weighted by Crippen LogP contribution is -1.94. The van der Waals surface area contributed by atoms with Gasteiger partial charge in [-0.1, -0.05) is 0 Å². The monoisotopic (exact) mass is 184 g/mol. The minimum Gasteiger partial charge on any atom is -0.263 e. The summed E-state index contributed by atoms with van der Waals surface area (Å²) in [5.74, 6) is 0. The van der Waals surface area contributed by atoms with Crippen LogP contribution in [0.1, 0.15) is 22.3 Å². The summed E-state index contributed by atoms with van der Waals surface area (Å²) >= 11 is 0. The number of aromatic nitrogens is 1. The van der Waals surface area contributed by atoms with Crippen LogP contribution in [0.5, 0.6) is 0 Å². The molecule has 1 radical (unpaired) electrons. The second-order valence-electron chi connectivity index (χ2n) is 3.84. The molecule has 0 unspecified atom stereocenters. The summed E-state index contributed by atoms with van der Waals surface area (Å²) in [5.41, 5.74) is 5.40. The van der Waals surface area contributed by atoms with Gasteiger partial charge < -0.3 is 0 Å². The molecule has 0 N–H and O–H groups in total. The second-order valence-corrected chi connectivity index (χ2v) is 3.84. The molecule has 0 atom stereocenters. The highest BCUT2D eigenvalue weighted by Gasteiger charge is 2.07. The Hall–Kier alpha value is -1.37. The van der Waals surface area contributed by atoms with E-state index in [2.05, 4.69) is 38.7 Å². The molecule has 2 aromatic rings. The van der Waals surface area contributed by atoms with E-state index in [-0.39, 0.29) is 0 Å². The average molecular weight is 184 g/mol. The van der Waals surface area contributed by atoms with Gasteiger partial charge in [0.1, 0.15) is 0 Å². The standard InChI is InChI=1S/C13H14N/c1-8-9(2)11(4)13-7-14-6-5-12(13)10(8)3/h6-7H,1-4H3. The van der Waals surface area contributed by atoms with Crippen molar-refractivity contribution in [2.24, 2.45) is 0 Å². The highest BCUT2D eigenvalue weighted by Crippen LogP contribution is 2.27. The predicted octanol–water partition coefficient (Wildman–Crippen LogP) is 3.27. The zero-order valence-corrected chi connectivity index (χ0v) is 9.10. The molecular weight excluding hydrogens is 170 g/mol. The normalized spacial score (nSPS) is 10.9. The molecule has 0 amide bonds. The molecule has 2 rings (SSSR count). The molecule has 1 heterocycles. The Labute approximate surface area is 84.8 Å². The van der Waals surface area contributed by atoms with Gasteiger partial charge in [0.05, 0.1) is 0 Å². The zero-order chi connectivity index (χ0) is 10.3. The fraction of sp³-hybridized carbons (Fsp3) is 0.308. The first-order valence-electron chi connectivity index (χ1n) is 4.84. The zero-order valence-electron chi connectivity index (χ0n) is 9.10. The van der Waals surface area contributed by atoms with Crippen LogP contribution in [0.3, 0.4) is 0 Å². The van der Waals surface area contributed by atoms with Crippen molar-refractivity contribution in [1.82, 2.24) is 4.98 Å². The SMILES string of the molecule is Cc1c(C)c(C)c2cnc[c]c2c1C. The summed E-state index contributed by atoms with van der Waals surface area (Å²) in [7, 11) is 0. The lowest BCUT2D eigenvalue weighted by Gasteiger charge is -2.12. The van der Waals surface area contributed by atoms with Gasteiger partial charge in [0, 0.05) is 23.8 Å². The van der Waals surface area contributed by atoms with Crippen LogP contribution in [0.15, 0.2) is 12.4 Å². The minimum absolute atomic E-state index is 1.21. The molecule has 0 saturated carbocycles. The van der Waals surface area contributed by atoms with E-state index >= 15 is 0 Å². The van der Waals surface area contributed by atoms with E-state index in [1.165, 1.54) is 33.0 Å². The van der Waals surface area contributed by atoms with Gasteiger partial charge in [0.25, 0.3) is 0 Å². The van der Waals surface area contributed by atoms with Crippen molar-refractivity contribution < 1.29 is 0 Å². The van der Waals surface area contributed by atoms with E-state index in [0.29, 0.717) is 0 Å². The van der Waals surface area contributed by atoms with Gasteiger partial charge in [-0.25, -0.2) is 0 Å². The third-order valence-electron chi connectivity index (χ3n) is 3.22. The van der Waals surface area contributed by atoms with E-state index < -0.39 is 0 Å². The summed E-state index contributed by atoms with van der Waals surface area (Å²) in [6, 6.07) is 3.22. The van der Waals surface area contributed by atoms with Gasteiger partial charge >= 0.3 is 0 Å². The van der Waals surface area contributed by atoms with Crippen molar-refractivity contribution >= 4 is 10.8 Å². The van der Waals surface area contributed by atoms with Crippen LogP contribution in [0.4, 0.5) is 0 Å². The van der Waals surface area contributed by atoms with Crippen LogP contribution in [0, 0.1) is 33.8 Å². The molecule has 71 valence electrons. The smallest absolute Gasteiger partial charge is 0.0353 e. The molecule has 0 bridgehead atoms. The molecule has 0 aliphatic heterocycles. The van der Waals surface area contributed by atoms with Crippen LogP contribution in [-0.2, 0) is 0 Å². The molecule has 1 aromatic carbocycles. The molecule has 1 nitrogen and oxygen atoms in total. The van der Waals surface area contributed by atoms with Gasteiger partial charge in [0.2, 0.25) is 0 Å². The first-order chi connectivity index (χ1) is 6.63. The van der Waals surface area contributed by atoms with Crippen molar-refractivity contribution in [1.29, 1.82) is 0 Å². The van der Waals surface area contributed by atoms with E-state index in [1.807, 2.05) is 6.20 Å². The second kappa shape index (κ2) is 3.09. The summed E-state index contributed by atoms with van der Waals surface area (Å²) in [6.45, 7) is 8.65. The van der Waals surface area contributed by atoms with Crippen LogP contribution < -0.4 is 0 Å². The number of benzene rings is 1. The number of nitrogens with zero attached hydrogens (tertiary/aromatic N) is 1. The Morgan fingerprint density at radius 2 is 1.57 bits per heavy atom. The first kappa shape index (κ1) is 9.20. The van der Waals surface area contributed by atoms with Crippen LogP contribution in [0.2, 0.25) is 0 Å². The Morgan fingerprint density at radius 1 is 0.929 bits per heavy atom. The number of pyridine rings is 1. The summed E-state index contributed by atoms with van der Waals surface area (Å²) in [4.78, 5) is 4.13. The number of hydrogen-bond donors (Lipinski definition) is 0. The third kappa shape index (κ3) is 1.12. The maximum atomic E-state index is 4.13. The minimum atomic E-state index is 1.21. The molecule has 14 heavy (non-hydrogen) atoms. The molecule has 1 aromatic heterocycles. The van der Waals surface area contributed by atoms with Crippen molar-refractivity contribution in [3.63, 3.8) is 0 Å². The molecular formula is C13H14N. The Balaban J connectivity index is 3.02. The molecule has 0 aliphatic carbocycles. The number of aryl methyl sites for hydroxylation is 2. The predicted molar refractivity (Wildman–Crippen MR) is 59.5 cm³/mol. The summed E-state index contributed by atoms with van der Waals surface area (Å²) in [6.07, 6.45) is 3.67. The topological polar surface area (TPSA) is 12.9 Å². The van der Waals surface area contributed by atoms with E-state index in [1.54, 1.807) is 6.20 Å². The lowest BCUT2D eigenvalue weighted by molar-refractivity contribution is 1.23. The maximum Gasteiger partial charge on any atom is 0.0353 e. The average Bonchev–Trinajstić information content (AvgIpc) is 2.23. The molecule has 0 spiro atoms. The maximum absolute atomic E-state index is 4.13. The van der Waals surface area contributed by atoms with Gasteiger partial charge in [-0.3, -0.25) is 4.98 Å². The van der Waals surface area contributed by atoms with E-state index in [9.17, 15) is 0 Å². The van der Waals surface area contributed by atoms with Crippen molar-refractivity contribution in [3.05, 3.63) is 40.7 Å². The molecule has 1 heteroatoms. The van der Waals surface area contributed by atoms with Gasteiger partial charge in [-0.05, 0) is 55.3 Å². The van der Waals surface area contributed by atoms with Crippen molar-refractivity contribution in [3.8, 4) is 0 Å². The number of hydrogen-bond acceptors (Lipinski definition) is 1. The van der Waals surface area contributed by atoms with E-state index in [4.69, 9.17) is 0 Å². The van der Waals surface area contributed by atoms with Crippen molar-refractivity contribution in [2.75, 3.05) is 0 Å². The lowest BCUT2D eigenvalue weighted by atomic mass is 9.93. The largest absolute Gasteiger partial charge is 0.263 e. The Morgan fingerprint density at radius 3 is 2.29 bits per heavy atom. The van der Waals surface area contributed by atoms with Gasteiger partial charge in [-0.15, -0.1) is 0 Å². The number of fused-ring (bicyclic) bond motifs is 1. The molecule has 0 aliphatic rings. The Kier molecular flexibility index (Phi) is 2.03. The third-order valence-corrected chi connectivity index (χ3v) is 3.22. The quantitative estimate of drug-likeness (QED) is 0.612. The fourth-order valence-electron chi connectivity index (χ4n) is 1.90. The highest BCUT2D eigenvalue weighted by atomic mass is 14.6. The summed E-state index contributed by atoms with van der Waals surface area (Å²) in [5, 5.41) is 2.44. The van der Waals surface area contributed by atoms with Crippen LogP contribution in [0.25, 0.3) is 10.8 Å². The summed E-state index contributed by atoms with van der Waals surface area (Å²) < 4.78 is 0. The number of rotatable bonds is 0. The van der Waals surface area contributed by atoms with Crippen molar-refractivity contribution in [2.45, 2.75) is 27.7 Å². The van der Waals surface area contributed by atoms with Gasteiger partial charge in [0.15, 0.2) is 0 Å². The molecule has 0 saturated heterocycles. The van der Waals surface area contributed by atoms with Crippen LogP contribution in [-0.4, -0.2) is 4.98 Å². The van der Waals surface area contributed by atoms with Crippen LogP contribution >= 0.6 is 0 Å². The highest BCUT2D eigenvalue weighted by molar-refractivity contribution is 5.89. The van der Waals surface area contributed by atoms with E-state index in [0.717, 1.165) is 0 Å². The molecule has 0 fully saturated rings. The van der Waals surface area contributed by atoms with Gasteiger partial charge in [-0.2, -0.15) is 0 Å². The first-order valence-corrected chi connectivity index (χ1v) is 4.84.